The second-order valence-corrected chi connectivity index (χ2v) is 7.14. The molecule has 3 rings (SSSR count). The molecule has 0 saturated carbocycles. The molecule has 0 atom stereocenters. The number of methoxy groups -OCH3 is 2. The fraction of sp³-hybridized carbons (Fsp3) is 0.304. The molecule has 32 heavy (non-hydrogen) atoms. The standard InChI is InChI=1S/C23H23F3N2O4/c1-31-19-8-6-16(14-20(19)32-2)7-9-21(29)27-10-12-28(13-11-27)22(30)17-4-3-5-18(15-17)23(24,25)26/h3-9,14-15H,10-13H2,1-2H3. The van der Waals surface area contributed by atoms with Gasteiger partial charge < -0.3 is 19.3 Å². The molecule has 0 unspecified atom stereocenters. The summed E-state index contributed by atoms with van der Waals surface area (Å²) in [6.07, 6.45) is -1.42. The van der Waals surface area contributed by atoms with Crippen molar-refractivity contribution in [3.8, 4) is 11.5 Å². The highest BCUT2D eigenvalue weighted by atomic mass is 19.4. The molecule has 1 aliphatic rings. The highest BCUT2D eigenvalue weighted by Gasteiger charge is 2.32. The van der Waals surface area contributed by atoms with E-state index in [0.29, 0.717) is 24.6 Å². The largest absolute Gasteiger partial charge is 0.493 e. The lowest BCUT2D eigenvalue weighted by Crippen LogP contribution is -2.50. The second-order valence-electron chi connectivity index (χ2n) is 7.14. The minimum Gasteiger partial charge on any atom is -0.493 e. The zero-order valence-corrected chi connectivity index (χ0v) is 17.7. The summed E-state index contributed by atoms with van der Waals surface area (Å²) in [4.78, 5) is 28.1. The lowest BCUT2D eigenvalue weighted by Gasteiger charge is -2.34. The van der Waals surface area contributed by atoms with E-state index in [0.717, 1.165) is 17.7 Å². The average Bonchev–Trinajstić information content (AvgIpc) is 2.81. The summed E-state index contributed by atoms with van der Waals surface area (Å²) in [6.45, 7) is 1.07. The van der Waals surface area contributed by atoms with Gasteiger partial charge in [0.2, 0.25) is 5.91 Å². The van der Waals surface area contributed by atoms with Crippen LogP contribution in [0.5, 0.6) is 11.5 Å². The van der Waals surface area contributed by atoms with Crippen molar-refractivity contribution in [2.45, 2.75) is 6.18 Å². The first-order valence-electron chi connectivity index (χ1n) is 9.88. The number of carbonyl (C=O) groups excluding carboxylic acids is 2. The van der Waals surface area contributed by atoms with Gasteiger partial charge >= 0.3 is 6.18 Å². The van der Waals surface area contributed by atoms with Gasteiger partial charge in [0.25, 0.3) is 5.91 Å². The van der Waals surface area contributed by atoms with Gasteiger partial charge in [-0.25, -0.2) is 0 Å². The normalized spacial score (nSPS) is 14.5. The minimum absolute atomic E-state index is 0.0204. The Labute approximate surface area is 183 Å². The van der Waals surface area contributed by atoms with Crippen molar-refractivity contribution < 1.29 is 32.2 Å². The molecule has 2 aromatic carbocycles. The topological polar surface area (TPSA) is 59.1 Å². The molecular formula is C23H23F3N2O4. The van der Waals surface area contributed by atoms with E-state index >= 15 is 0 Å². The number of hydrogen-bond donors (Lipinski definition) is 0. The van der Waals surface area contributed by atoms with Crippen molar-refractivity contribution in [1.82, 2.24) is 9.80 Å². The van der Waals surface area contributed by atoms with Crippen molar-refractivity contribution >= 4 is 17.9 Å². The summed E-state index contributed by atoms with van der Waals surface area (Å²) in [6, 6.07) is 9.63. The first kappa shape index (κ1) is 23.2. The maximum absolute atomic E-state index is 12.9. The lowest BCUT2D eigenvalue weighted by molar-refractivity contribution is -0.137. The van der Waals surface area contributed by atoms with E-state index in [9.17, 15) is 22.8 Å². The number of amides is 2. The Morgan fingerprint density at radius 3 is 2.19 bits per heavy atom. The summed E-state index contributed by atoms with van der Waals surface area (Å²) in [5, 5.41) is 0. The molecule has 170 valence electrons. The van der Waals surface area contributed by atoms with Crippen LogP contribution >= 0.6 is 0 Å². The second kappa shape index (κ2) is 9.76. The van der Waals surface area contributed by atoms with Crippen LogP contribution in [0.25, 0.3) is 6.08 Å². The van der Waals surface area contributed by atoms with Crippen molar-refractivity contribution in [3.63, 3.8) is 0 Å². The smallest absolute Gasteiger partial charge is 0.416 e. The number of piperazine rings is 1. The van der Waals surface area contributed by atoms with E-state index in [4.69, 9.17) is 9.47 Å². The Hall–Kier alpha value is -3.49. The van der Waals surface area contributed by atoms with Gasteiger partial charge in [0.1, 0.15) is 0 Å². The van der Waals surface area contributed by atoms with Gasteiger partial charge in [-0.05, 0) is 42.0 Å². The molecule has 1 heterocycles. The third-order valence-corrected chi connectivity index (χ3v) is 5.14. The van der Waals surface area contributed by atoms with Crippen LogP contribution < -0.4 is 9.47 Å². The summed E-state index contributed by atoms with van der Waals surface area (Å²) >= 11 is 0. The number of alkyl halides is 3. The monoisotopic (exact) mass is 448 g/mol. The molecule has 0 aliphatic carbocycles. The number of ether oxygens (including phenoxy) is 2. The average molecular weight is 448 g/mol. The first-order chi connectivity index (χ1) is 15.2. The Morgan fingerprint density at radius 2 is 1.56 bits per heavy atom. The Bertz CT molecular complexity index is 1010. The molecule has 0 aromatic heterocycles. The predicted octanol–water partition coefficient (Wildman–Crippen LogP) is 3.72. The van der Waals surface area contributed by atoms with Crippen LogP contribution in [0.4, 0.5) is 13.2 Å². The molecule has 2 amide bonds. The van der Waals surface area contributed by atoms with E-state index < -0.39 is 17.6 Å². The molecule has 6 nitrogen and oxygen atoms in total. The van der Waals surface area contributed by atoms with Gasteiger partial charge in [0.15, 0.2) is 11.5 Å². The van der Waals surface area contributed by atoms with Crippen LogP contribution in [-0.4, -0.2) is 62.0 Å². The fourth-order valence-corrected chi connectivity index (χ4v) is 3.37. The molecule has 1 saturated heterocycles. The number of halogens is 3. The molecule has 0 spiro atoms. The van der Waals surface area contributed by atoms with Crippen LogP contribution in [0.15, 0.2) is 48.5 Å². The quantitative estimate of drug-likeness (QED) is 0.655. The molecule has 0 radical (unpaired) electrons. The van der Waals surface area contributed by atoms with Crippen LogP contribution in [-0.2, 0) is 11.0 Å². The predicted molar refractivity (Wildman–Crippen MR) is 113 cm³/mol. The number of rotatable bonds is 5. The molecule has 0 N–H and O–H groups in total. The summed E-state index contributed by atoms with van der Waals surface area (Å²) in [5.41, 5.74) is -0.125. The molecular weight excluding hydrogens is 425 g/mol. The van der Waals surface area contributed by atoms with Gasteiger partial charge in [-0.2, -0.15) is 13.2 Å². The maximum atomic E-state index is 12.9. The van der Waals surface area contributed by atoms with Gasteiger partial charge in [0, 0.05) is 37.8 Å². The van der Waals surface area contributed by atoms with Gasteiger partial charge in [-0.15, -0.1) is 0 Å². The van der Waals surface area contributed by atoms with E-state index in [-0.39, 0.29) is 24.6 Å². The molecule has 9 heteroatoms. The Morgan fingerprint density at radius 1 is 0.906 bits per heavy atom. The van der Waals surface area contributed by atoms with Crippen LogP contribution in [0.1, 0.15) is 21.5 Å². The SMILES string of the molecule is COc1ccc(C=CC(=O)N2CCN(C(=O)c3cccc(C(F)(F)F)c3)CC2)cc1OC. The van der Waals surface area contributed by atoms with Crippen molar-refractivity contribution in [2.24, 2.45) is 0 Å². The maximum Gasteiger partial charge on any atom is 0.416 e. The zero-order chi connectivity index (χ0) is 23.3. The molecule has 1 aliphatic heterocycles. The van der Waals surface area contributed by atoms with Crippen molar-refractivity contribution in [3.05, 3.63) is 65.2 Å². The van der Waals surface area contributed by atoms with E-state index in [1.165, 1.54) is 37.3 Å². The Balaban J connectivity index is 1.59. The van der Waals surface area contributed by atoms with E-state index in [1.54, 1.807) is 29.2 Å². The third-order valence-electron chi connectivity index (χ3n) is 5.14. The van der Waals surface area contributed by atoms with Crippen LogP contribution in [0.3, 0.4) is 0 Å². The first-order valence-corrected chi connectivity index (χ1v) is 9.88. The van der Waals surface area contributed by atoms with Crippen LogP contribution in [0.2, 0.25) is 0 Å². The fourth-order valence-electron chi connectivity index (χ4n) is 3.37. The van der Waals surface area contributed by atoms with E-state index in [2.05, 4.69) is 0 Å². The number of nitrogens with zero attached hydrogens (tertiary/aromatic N) is 2. The van der Waals surface area contributed by atoms with Gasteiger partial charge in [-0.3, -0.25) is 9.59 Å². The van der Waals surface area contributed by atoms with E-state index in [1.807, 2.05) is 0 Å². The summed E-state index contributed by atoms with van der Waals surface area (Å²) < 4.78 is 49.1. The minimum atomic E-state index is -4.51. The highest BCUT2D eigenvalue weighted by Crippen LogP contribution is 2.30. The number of carbonyl (C=O) groups is 2. The number of benzene rings is 2. The van der Waals surface area contributed by atoms with Crippen LogP contribution in [0, 0.1) is 0 Å². The van der Waals surface area contributed by atoms with Crippen molar-refractivity contribution in [1.29, 1.82) is 0 Å². The molecule has 2 aromatic rings. The third kappa shape index (κ3) is 5.40. The van der Waals surface area contributed by atoms with Gasteiger partial charge in [-0.1, -0.05) is 12.1 Å². The summed E-state index contributed by atoms with van der Waals surface area (Å²) in [7, 11) is 3.06. The molecule has 0 bridgehead atoms. The highest BCUT2D eigenvalue weighted by molar-refractivity contribution is 5.95. The summed E-state index contributed by atoms with van der Waals surface area (Å²) in [5.74, 6) is 0.427. The molecule has 1 fully saturated rings. The lowest BCUT2D eigenvalue weighted by atomic mass is 10.1. The number of hydrogen-bond acceptors (Lipinski definition) is 4. The van der Waals surface area contributed by atoms with Crippen molar-refractivity contribution in [2.75, 3.05) is 40.4 Å². The zero-order valence-electron chi connectivity index (χ0n) is 17.7. The van der Waals surface area contributed by atoms with Gasteiger partial charge in [0.05, 0.1) is 19.8 Å². The Kier molecular flexibility index (Phi) is 7.07.